The molecule has 1 aromatic carbocycles. The summed E-state index contributed by atoms with van der Waals surface area (Å²) >= 11 is 0. The van der Waals surface area contributed by atoms with Crippen LogP contribution in [0.5, 0.6) is 11.5 Å². The number of fused-ring (bicyclic) bond motifs is 4. The number of benzene rings is 1. The minimum atomic E-state index is -0.705. The molecule has 6 heteroatoms. The third kappa shape index (κ3) is 1.75. The zero-order chi connectivity index (χ0) is 17.7. The van der Waals surface area contributed by atoms with Crippen molar-refractivity contribution in [1.29, 1.82) is 0 Å². The van der Waals surface area contributed by atoms with Crippen molar-refractivity contribution in [3.63, 3.8) is 0 Å². The largest absolute Gasteiger partial charge is 0.454 e. The Morgan fingerprint density at radius 1 is 1.12 bits per heavy atom. The standard InChI is InChI=1S/C20H23NO5/c1-19(2)25-17-16(22)15-12-9-14-13(23-10-24-14)8-11(12)4-7-21-6-3-5-20(15,21)18(17)26-19/h8-9,15,17-18H,3-7,10H2,1-2H3/t15?,17-,18-,20-/m1/s1. The molecule has 0 amide bonds. The van der Waals surface area contributed by atoms with Crippen molar-refractivity contribution >= 4 is 5.78 Å². The van der Waals surface area contributed by atoms with Gasteiger partial charge >= 0.3 is 0 Å². The molecule has 5 aliphatic rings. The number of carbonyl (C=O) groups excluding carboxylic acids is 1. The van der Waals surface area contributed by atoms with Crippen molar-refractivity contribution in [2.75, 3.05) is 19.9 Å². The molecule has 3 fully saturated rings. The molecular formula is C20H23NO5. The Hall–Kier alpha value is -1.63. The van der Waals surface area contributed by atoms with Gasteiger partial charge < -0.3 is 18.9 Å². The SMILES string of the molecule is CC1(C)O[C@@H]2C(=O)C3c4cc5c(cc4CCN4CCC[C@]34[C@@H]2O1)OCO5. The highest BCUT2D eigenvalue weighted by Gasteiger charge is 2.70. The molecule has 26 heavy (non-hydrogen) atoms. The van der Waals surface area contributed by atoms with E-state index in [1.807, 2.05) is 19.9 Å². The van der Waals surface area contributed by atoms with Crippen molar-refractivity contribution in [2.45, 2.75) is 62.6 Å². The fourth-order valence-electron chi connectivity index (χ4n) is 5.96. The van der Waals surface area contributed by atoms with Gasteiger partial charge in [0.1, 0.15) is 12.2 Å². The molecule has 1 aliphatic carbocycles. The van der Waals surface area contributed by atoms with Crippen molar-refractivity contribution in [2.24, 2.45) is 0 Å². The first-order valence-corrected chi connectivity index (χ1v) is 9.56. The highest BCUT2D eigenvalue weighted by atomic mass is 16.8. The van der Waals surface area contributed by atoms with Gasteiger partial charge in [-0.2, -0.15) is 0 Å². The van der Waals surface area contributed by atoms with Crippen LogP contribution in [0.25, 0.3) is 0 Å². The van der Waals surface area contributed by atoms with Gasteiger partial charge in [-0.1, -0.05) is 0 Å². The van der Waals surface area contributed by atoms with Crippen LogP contribution < -0.4 is 9.47 Å². The molecule has 1 saturated carbocycles. The normalized spacial score (nSPS) is 39.3. The van der Waals surface area contributed by atoms with Crippen LogP contribution >= 0.6 is 0 Å². The predicted octanol–water partition coefficient (Wildman–Crippen LogP) is 1.99. The lowest BCUT2D eigenvalue weighted by molar-refractivity contribution is -0.172. The molecule has 0 bridgehead atoms. The van der Waals surface area contributed by atoms with Gasteiger partial charge in [0.05, 0.1) is 11.5 Å². The van der Waals surface area contributed by atoms with E-state index >= 15 is 0 Å². The smallest absolute Gasteiger partial charge is 0.231 e. The second-order valence-corrected chi connectivity index (χ2v) is 8.55. The maximum Gasteiger partial charge on any atom is 0.231 e. The molecule has 0 radical (unpaired) electrons. The summed E-state index contributed by atoms with van der Waals surface area (Å²) < 4.78 is 23.6. The Morgan fingerprint density at radius 2 is 1.92 bits per heavy atom. The van der Waals surface area contributed by atoms with Crippen LogP contribution in [0.3, 0.4) is 0 Å². The summed E-state index contributed by atoms with van der Waals surface area (Å²) in [6.07, 6.45) is 2.30. The van der Waals surface area contributed by atoms with Gasteiger partial charge in [0.2, 0.25) is 6.79 Å². The molecule has 2 saturated heterocycles. The maximum atomic E-state index is 13.6. The summed E-state index contributed by atoms with van der Waals surface area (Å²) in [6.45, 7) is 6.01. The van der Waals surface area contributed by atoms with Gasteiger partial charge in [-0.15, -0.1) is 0 Å². The number of ether oxygens (including phenoxy) is 4. The molecule has 6 rings (SSSR count). The average molecular weight is 357 g/mol. The van der Waals surface area contributed by atoms with Gasteiger partial charge in [0, 0.05) is 6.54 Å². The van der Waals surface area contributed by atoms with Crippen LogP contribution in [0, 0.1) is 0 Å². The summed E-state index contributed by atoms with van der Waals surface area (Å²) in [5, 5.41) is 0. The zero-order valence-corrected chi connectivity index (χ0v) is 15.1. The first-order chi connectivity index (χ1) is 12.5. The van der Waals surface area contributed by atoms with E-state index in [0.29, 0.717) is 0 Å². The molecule has 1 unspecified atom stereocenters. The molecule has 4 heterocycles. The topological polar surface area (TPSA) is 57.2 Å². The Balaban J connectivity index is 1.55. The monoisotopic (exact) mass is 357 g/mol. The summed E-state index contributed by atoms with van der Waals surface area (Å²) in [7, 11) is 0. The van der Waals surface area contributed by atoms with E-state index in [1.54, 1.807) is 0 Å². The van der Waals surface area contributed by atoms with Crippen LogP contribution in [0.4, 0.5) is 0 Å². The third-order valence-corrected chi connectivity index (χ3v) is 6.84. The molecule has 0 N–H and O–H groups in total. The van der Waals surface area contributed by atoms with E-state index < -0.39 is 11.9 Å². The first-order valence-electron chi connectivity index (χ1n) is 9.56. The zero-order valence-electron chi connectivity index (χ0n) is 15.1. The lowest BCUT2D eigenvalue weighted by atomic mass is 9.77. The second kappa shape index (κ2) is 4.80. The van der Waals surface area contributed by atoms with Crippen LogP contribution in [0.15, 0.2) is 12.1 Å². The number of ketones is 1. The number of carbonyl (C=O) groups is 1. The van der Waals surface area contributed by atoms with E-state index in [-0.39, 0.29) is 30.1 Å². The average Bonchev–Trinajstić information content (AvgIpc) is 3.31. The number of hydrogen-bond acceptors (Lipinski definition) is 6. The number of Topliss-reactive ketones (excluding diaryl/α,β-unsaturated/α-hetero) is 1. The number of hydrogen-bond donors (Lipinski definition) is 0. The lowest BCUT2D eigenvalue weighted by Gasteiger charge is -2.41. The van der Waals surface area contributed by atoms with Crippen LogP contribution in [0.1, 0.15) is 43.7 Å². The molecule has 138 valence electrons. The molecular weight excluding hydrogens is 334 g/mol. The lowest BCUT2D eigenvalue weighted by Crippen LogP contribution is -2.54. The third-order valence-electron chi connectivity index (χ3n) is 6.84. The van der Waals surface area contributed by atoms with Crippen molar-refractivity contribution in [3.8, 4) is 11.5 Å². The van der Waals surface area contributed by atoms with Crippen LogP contribution in [0.2, 0.25) is 0 Å². The number of rotatable bonds is 0. The van der Waals surface area contributed by atoms with E-state index in [9.17, 15) is 4.79 Å². The fraction of sp³-hybridized carbons (Fsp3) is 0.650. The van der Waals surface area contributed by atoms with Gasteiger partial charge in [-0.05, 0) is 62.9 Å². The Kier molecular flexibility index (Phi) is 2.85. The maximum absolute atomic E-state index is 13.6. The summed E-state index contributed by atoms with van der Waals surface area (Å²) in [5.74, 6) is 0.775. The summed E-state index contributed by atoms with van der Waals surface area (Å²) in [4.78, 5) is 16.1. The van der Waals surface area contributed by atoms with Gasteiger partial charge in [-0.3, -0.25) is 9.69 Å². The first kappa shape index (κ1) is 15.4. The van der Waals surface area contributed by atoms with Gasteiger partial charge in [-0.25, -0.2) is 0 Å². The Bertz CT molecular complexity index is 821. The van der Waals surface area contributed by atoms with E-state index in [4.69, 9.17) is 18.9 Å². The van der Waals surface area contributed by atoms with Crippen molar-refractivity contribution in [1.82, 2.24) is 4.90 Å². The van der Waals surface area contributed by atoms with Crippen LogP contribution in [-0.2, 0) is 20.7 Å². The van der Waals surface area contributed by atoms with E-state index in [2.05, 4.69) is 11.0 Å². The summed E-state index contributed by atoms with van der Waals surface area (Å²) in [6, 6.07) is 4.11. The van der Waals surface area contributed by atoms with Crippen LogP contribution in [-0.4, -0.2) is 54.1 Å². The predicted molar refractivity (Wildman–Crippen MR) is 91.4 cm³/mol. The molecule has 1 aromatic rings. The van der Waals surface area contributed by atoms with E-state index in [1.165, 1.54) is 5.56 Å². The minimum Gasteiger partial charge on any atom is -0.454 e. The fourth-order valence-corrected chi connectivity index (χ4v) is 5.96. The quantitative estimate of drug-likeness (QED) is 0.708. The van der Waals surface area contributed by atoms with Crippen molar-refractivity contribution in [3.05, 3.63) is 23.3 Å². The number of nitrogens with zero attached hydrogens (tertiary/aromatic N) is 1. The Morgan fingerprint density at radius 3 is 2.77 bits per heavy atom. The molecule has 0 aromatic heterocycles. The molecule has 4 atom stereocenters. The molecule has 1 spiro atoms. The van der Waals surface area contributed by atoms with Gasteiger partial charge in [0.15, 0.2) is 23.1 Å². The highest BCUT2D eigenvalue weighted by Crippen LogP contribution is 2.58. The minimum absolute atomic E-state index is 0.162. The molecule has 6 nitrogen and oxygen atoms in total. The summed E-state index contributed by atoms with van der Waals surface area (Å²) in [5.41, 5.74) is 1.98. The highest BCUT2D eigenvalue weighted by molar-refractivity contribution is 5.96. The molecule has 4 aliphatic heterocycles. The van der Waals surface area contributed by atoms with E-state index in [0.717, 1.165) is 49.4 Å². The Labute approximate surface area is 152 Å². The second-order valence-electron chi connectivity index (χ2n) is 8.55. The van der Waals surface area contributed by atoms with Gasteiger partial charge in [0.25, 0.3) is 0 Å². The van der Waals surface area contributed by atoms with Crippen molar-refractivity contribution < 1.29 is 23.7 Å².